The van der Waals surface area contributed by atoms with Crippen molar-refractivity contribution in [2.24, 2.45) is 5.92 Å². The number of hydrogen-bond acceptors (Lipinski definition) is 3. The van der Waals surface area contributed by atoms with Gasteiger partial charge in [0, 0.05) is 23.2 Å². The summed E-state index contributed by atoms with van der Waals surface area (Å²) >= 11 is 6.28. The highest BCUT2D eigenvalue weighted by molar-refractivity contribution is 6.35. The van der Waals surface area contributed by atoms with Crippen LogP contribution in [0.3, 0.4) is 0 Å². The second-order valence-electron chi connectivity index (χ2n) is 6.13. The zero-order valence-corrected chi connectivity index (χ0v) is 13.9. The van der Waals surface area contributed by atoms with Crippen molar-refractivity contribution in [1.82, 2.24) is 15.2 Å². The molecular weight excluding hydrogens is 294 g/mol. The zero-order chi connectivity index (χ0) is 15.4. The van der Waals surface area contributed by atoms with Crippen LogP contribution >= 0.6 is 11.6 Å². The fraction of sp³-hybridized carbons (Fsp3) is 0.500. The molecule has 0 unspecified atom stereocenters. The molecule has 0 aliphatic carbocycles. The Morgan fingerprint density at radius 2 is 2.09 bits per heavy atom. The van der Waals surface area contributed by atoms with E-state index in [0.29, 0.717) is 0 Å². The molecule has 0 radical (unpaired) electrons. The van der Waals surface area contributed by atoms with E-state index in [1.807, 2.05) is 18.3 Å². The van der Waals surface area contributed by atoms with E-state index >= 15 is 0 Å². The van der Waals surface area contributed by atoms with Gasteiger partial charge >= 0.3 is 0 Å². The van der Waals surface area contributed by atoms with E-state index in [1.54, 1.807) is 0 Å². The normalized spacial score (nSPS) is 17.2. The lowest BCUT2D eigenvalue weighted by atomic mass is 9.96. The van der Waals surface area contributed by atoms with Gasteiger partial charge in [-0.25, -0.2) is 0 Å². The van der Waals surface area contributed by atoms with Crippen LogP contribution < -0.4 is 5.32 Å². The van der Waals surface area contributed by atoms with Gasteiger partial charge in [0.05, 0.1) is 5.52 Å². The Morgan fingerprint density at radius 3 is 2.86 bits per heavy atom. The first-order valence-corrected chi connectivity index (χ1v) is 8.61. The SMILES string of the molecule is CCNCC1CCN(Cc2ccc(Cl)c3cccnc23)CC1. The summed E-state index contributed by atoms with van der Waals surface area (Å²) in [5.74, 6) is 0.830. The van der Waals surface area contributed by atoms with Gasteiger partial charge in [-0.1, -0.05) is 24.6 Å². The minimum atomic E-state index is 0.788. The van der Waals surface area contributed by atoms with Gasteiger partial charge in [0.2, 0.25) is 0 Å². The molecule has 1 aliphatic rings. The van der Waals surface area contributed by atoms with Crippen LogP contribution in [0.4, 0.5) is 0 Å². The van der Waals surface area contributed by atoms with Gasteiger partial charge in [0.1, 0.15) is 0 Å². The van der Waals surface area contributed by atoms with Gasteiger partial charge in [-0.15, -0.1) is 0 Å². The Hall–Kier alpha value is -1.16. The molecule has 1 saturated heterocycles. The minimum absolute atomic E-state index is 0.788. The monoisotopic (exact) mass is 317 g/mol. The van der Waals surface area contributed by atoms with Crippen molar-refractivity contribution in [3.63, 3.8) is 0 Å². The largest absolute Gasteiger partial charge is 0.317 e. The molecule has 0 amide bonds. The molecule has 22 heavy (non-hydrogen) atoms. The van der Waals surface area contributed by atoms with Crippen LogP contribution in [-0.2, 0) is 6.54 Å². The molecule has 118 valence electrons. The highest BCUT2D eigenvalue weighted by Crippen LogP contribution is 2.26. The van der Waals surface area contributed by atoms with E-state index in [2.05, 4.69) is 34.3 Å². The number of fused-ring (bicyclic) bond motifs is 1. The average molecular weight is 318 g/mol. The zero-order valence-electron chi connectivity index (χ0n) is 13.2. The molecule has 0 saturated carbocycles. The van der Waals surface area contributed by atoms with Gasteiger partial charge in [-0.2, -0.15) is 0 Å². The van der Waals surface area contributed by atoms with Crippen molar-refractivity contribution in [2.75, 3.05) is 26.2 Å². The summed E-state index contributed by atoms with van der Waals surface area (Å²) in [7, 11) is 0. The highest BCUT2D eigenvalue weighted by Gasteiger charge is 2.19. The predicted molar refractivity (Wildman–Crippen MR) is 93.3 cm³/mol. The molecule has 2 aromatic rings. The number of piperidine rings is 1. The number of nitrogens with one attached hydrogen (secondary N) is 1. The maximum Gasteiger partial charge on any atom is 0.0761 e. The summed E-state index contributed by atoms with van der Waals surface area (Å²) in [4.78, 5) is 7.08. The number of hydrogen-bond donors (Lipinski definition) is 1. The Kier molecular flexibility index (Phi) is 5.29. The molecule has 0 bridgehead atoms. The van der Waals surface area contributed by atoms with E-state index in [0.717, 1.165) is 41.5 Å². The molecule has 2 heterocycles. The fourth-order valence-electron chi connectivity index (χ4n) is 3.26. The third-order valence-corrected chi connectivity index (χ3v) is 4.91. The topological polar surface area (TPSA) is 28.2 Å². The predicted octanol–water partition coefficient (Wildman–Crippen LogP) is 3.71. The summed E-state index contributed by atoms with van der Waals surface area (Å²) in [6, 6.07) is 8.13. The molecule has 1 fully saturated rings. The van der Waals surface area contributed by atoms with E-state index in [9.17, 15) is 0 Å². The molecule has 1 N–H and O–H groups in total. The van der Waals surface area contributed by atoms with Crippen molar-refractivity contribution in [2.45, 2.75) is 26.3 Å². The number of nitrogens with zero attached hydrogens (tertiary/aromatic N) is 2. The van der Waals surface area contributed by atoms with E-state index in [4.69, 9.17) is 11.6 Å². The van der Waals surface area contributed by atoms with Crippen LogP contribution in [0.15, 0.2) is 30.5 Å². The van der Waals surface area contributed by atoms with Gasteiger partial charge < -0.3 is 5.32 Å². The quantitative estimate of drug-likeness (QED) is 0.911. The summed E-state index contributed by atoms with van der Waals surface area (Å²) in [5, 5.41) is 5.32. The van der Waals surface area contributed by atoms with Crippen LogP contribution in [0.25, 0.3) is 10.9 Å². The number of aromatic nitrogens is 1. The molecule has 4 heteroatoms. The third kappa shape index (κ3) is 3.60. The number of benzene rings is 1. The minimum Gasteiger partial charge on any atom is -0.317 e. The highest BCUT2D eigenvalue weighted by atomic mass is 35.5. The Labute approximate surface area is 137 Å². The van der Waals surface area contributed by atoms with Crippen molar-refractivity contribution < 1.29 is 0 Å². The molecule has 3 rings (SSSR count). The van der Waals surface area contributed by atoms with Crippen molar-refractivity contribution in [3.05, 3.63) is 41.0 Å². The lowest BCUT2D eigenvalue weighted by Crippen LogP contribution is -2.36. The van der Waals surface area contributed by atoms with Crippen molar-refractivity contribution in [1.29, 1.82) is 0 Å². The number of pyridine rings is 1. The van der Waals surface area contributed by atoms with Gasteiger partial charge in [0.15, 0.2) is 0 Å². The fourth-order valence-corrected chi connectivity index (χ4v) is 3.48. The van der Waals surface area contributed by atoms with E-state index in [1.165, 1.54) is 31.5 Å². The first-order chi connectivity index (χ1) is 10.8. The lowest BCUT2D eigenvalue weighted by molar-refractivity contribution is 0.176. The third-order valence-electron chi connectivity index (χ3n) is 4.58. The Bertz CT molecular complexity index is 621. The van der Waals surface area contributed by atoms with E-state index in [-0.39, 0.29) is 0 Å². The summed E-state index contributed by atoms with van der Waals surface area (Å²) < 4.78 is 0. The molecule has 1 aromatic carbocycles. The second-order valence-corrected chi connectivity index (χ2v) is 6.54. The maximum atomic E-state index is 6.28. The molecule has 0 atom stereocenters. The summed E-state index contributed by atoms with van der Waals surface area (Å²) in [6.45, 7) is 7.73. The lowest BCUT2D eigenvalue weighted by Gasteiger charge is -2.32. The smallest absolute Gasteiger partial charge is 0.0761 e. The first kappa shape index (κ1) is 15.7. The van der Waals surface area contributed by atoms with Crippen LogP contribution in [0.5, 0.6) is 0 Å². The number of rotatable bonds is 5. The molecule has 3 nitrogen and oxygen atoms in total. The van der Waals surface area contributed by atoms with Gasteiger partial charge in [0.25, 0.3) is 0 Å². The van der Waals surface area contributed by atoms with Gasteiger partial charge in [-0.05, 0) is 68.7 Å². The van der Waals surface area contributed by atoms with Crippen LogP contribution in [0.1, 0.15) is 25.3 Å². The molecular formula is C18H24ClN3. The maximum absolute atomic E-state index is 6.28. The van der Waals surface area contributed by atoms with Crippen molar-refractivity contribution >= 4 is 22.5 Å². The Balaban J connectivity index is 1.66. The average Bonchev–Trinajstić information content (AvgIpc) is 2.57. The summed E-state index contributed by atoms with van der Waals surface area (Å²) in [6.07, 6.45) is 4.42. The standard InChI is InChI=1S/C18H24ClN3/c1-2-20-12-14-7-10-22(11-8-14)13-15-5-6-17(19)16-4-3-9-21-18(15)16/h3-6,9,14,20H,2,7-8,10-13H2,1H3. The van der Waals surface area contributed by atoms with E-state index < -0.39 is 0 Å². The molecule has 1 aliphatic heterocycles. The van der Waals surface area contributed by atoms with Crippen LogP contribution in [0, 0.1) is 5.92 Å². The molecule has 1 aromatic heterocycles. The van der Waals surface area contributed by atoms with Crippen LogP contribution in [-0.4, -0.2) is 36.1 Å². The van der Waals surface area contributed by atoms with Gasteiger partial charge in [-0.3, -0.25) is 9.88 Å². The number of halogens is 1. The first-order valence-electron chi connectivity index (χ1n) is 8.23. The van der Waals surface area contributed by atoms with Crippen LogP contribution in [0.2, 0.25) is 5.02 Å². The van der Waals surface area contributed by atoms with Crippen molar-refractivity contribution in [3.8, 4) is 0 Å². The Morgan fingerprint density at radius 1 is 1.27 bits per heavy atom. The number of likely N-dealkylation sites (tertiary alicyclic amines) is 1. The second kappa shape index (κ2) is 7.40. The summed E-state index contributed by atoms with van der Waals surface area (Å²) in [5.41, 5.74) is 2.33. The molecule has 0 spiro atoms.